The minimum atomic E-state index is -0.373. The number of ether oxygens (including phenoxy) is 2. The highest BCUT2D eigenvalue weighted by molar-refractivity contribution is 5.91. The number of carbonyl (C=O) groups is 1. The van der Waals surface area contributed by atoms with Gasteiger partial charge in [0, 0.05) is 11.6 Å². The van der Waals surface area contributed by atoms with Crippen molar-refractivity contribution < 1.29 is 14.3 Å². The molecule has 0 saturated carbocycles. The summed E-state index contributed by atoms with van der Waals surface area (Å²) in [4.78, 5) is 13.9. The first-order valence-corrected chi connectivity index (χ1v) is 7.88. The minimum absolute atomic E-state index is 0.0613. The summed E-state index contributed by atoms with van der Waals surface area (Å²) in [5.74, 6) is 4.03. The Labute approximate surface area is 142 Å². The van der Waals surface area contributed by atoms with Crippen molar-refractivity contribution in [3.8, 4) is 23.8 Å². The summed E-state index contributed by atoms with van der Waals surface area (Å²) in [5, 5.41) is 0. The quantitative estimate of drug-likeness (QED) is 0.771. The molecule has 0 spiro atoms. The van der Waals surface area contributed by atoms with E-state index in [9.17, 15) is 4.79 Å². The van der Waals surface area contributed by atoms with E-state index in [2.05, 4.69) is 5.92 Å². The molecule has 0 bridgehead atoms. The van der Waals surface area contributed by atoms with Crippen LogP contribution in [0.25, 0.3) is 0 Å². The second kappa shape index (κ2) is 6.67. The maximum atomic E-state index is 12.2. The Kier molecular flexibility index (Phi) is 4.43. The van der Waals surface area contributed by atoms with Crippen molar-refractivity contribution in [2.24, 2.45) is 0 Å². The van der Waals surface area contributed by atoms with Gasteiger partial charge in [0.15, 0.2) is 0 Å². The molecule has 1 aliphatic heterocycles. The molecule has 3 rings (SSSR count). The third-order valence-corrected chi connectivity index (χ3v) is 4.24. The van der Waals surface area contributed by atoms with E-state index < -0.39 is 0 Å². The van der Waals surface area contributed by atoms with Gasteiger partial charge in [-0.2, -0.15) is 0 Å². The lowest BCUT2D eigenvalue weighted by Gasteiger charge is -2.35. The first kappa shape index (κ1) is 15.9. The van der Waals surface area contributed by atoms with Gasteiger partial charge in [-0.05, 0) is 44.0 Å². The van der Waals surface area contributed by atoms with E-state index in [1.807, 2.05) is 49.4 Å². The fourth-order valence-electron chi connectivity index (χ4n) is 3.02. The number of amides is 1. The lowest BCUT2D eigenvalue weighted by molar-refractivity contribution is 0.175. The van der Waals surface area contributed by atoms with E-state index in [0.717, 1.165) is 24.1 Å². The van der Waals surface area contributed by atoms with E-state index in [0.29, 0.717) is 17.1 Å². The molecule has 24 heavy (non-hydrogen) atoms. The Balaban J connectivity index is 2.10. The molecule has 1 amide bonds. The van der Waals surface area contributed by atoms with Crippen LogP contribution in [-0.4, -0.2) is 19.2 Å². The fourth-order valence-corrected chi connectivity index (χ4v) is 3.02. The monoisotopic (exact) mass is 321 g/mol. The number of rotatable bonds is 2. The number of benzene rings is 2. The summed E-state index contributed by atoms with van der Waals surface area (Å²) in [6.07, 6.45) is 6.89. The zero-order valence-corrected chi connectivity index (χ0v) is 13.8. The van der Waals surface area contributed by atoms with Crippen LogP contribution in [-0.2, 0) is 11.2 Å². The molecule has 0 fully saturated rings. The second-order valence-corrected chi connectivity index (χ2v) is 5.73. The van der Waals surface area contributed by atoms with E-state index in [-0.39, 0.29) is 12.1 Å². The van der Waals surface area contributed by atoms with Gasteiger partial charge in [0.1, 0.15) is 11.5 Å². The van der Waals surface area contributed by atoms with Crippen molar-refractivity contribution in [1.82, 2.24) is 0 Å². The van der Waals surface area contributed by atoms with Crippen LogP contribution in [0.4, 0.5) is 10.5 Å². The highest BCUT2D eigenvalue weighted by Gasteiger charge is 2.31. The molecular formula is C20H19NO3. The lowest BCUT2D eigenvalue weighted by Crippen LogP contribution is -2.42. The van der Waals surface area contributed by atoms with Crippen LogP contribution in [0.2, 0.25) is 0 Å². The van der Waals surface area contributed by atoms with Gasteiger partial charge in [-0.1, -0.05) is 24.1 Å². The van der Waals surface area contributed by atoms with Crippen molar-refractivity contribution in [1.29, 1.82) is 0 Å². The van der Waals surface area contributed by atoms with Crippen LogP contribution in [0.3, 0.4) is 0 Å². The Bertz CT molecular complexity index is 793. The summed E-state index contributed by atoms with van der Waals surface area (Å²) in [6, 6.07) is 13.2. The molecule has 0 radical (unpaired) electrons. The maximum Gasteiger partial charge on any atom is 0.414 e. The van der Waals surface area contributed by atoms with Gasteiger partial charge in [0.2, 0.25) is 0 Å². The van der Waals surface area contributed by atoms with Crippen LogP contribution in [0.15, 0.2) is 42.5 Å². The minimum Gasteiger partial charge on any atom is -0.456 e. The molecule has 122 valence electrons. The van der Waals surface area contributed by atoms with Crippen molar-refractivity contribution in [3.05, 3.63) is 53.6 Å². The Morgan fingerprint density at radius 1 is 1.25 bits per heavy atom. The van der Waals surface area contributed by atoms with E-state index in [1.165, 1.54) is 7.11 Å². The third kappa shape index (κ3) is 2.81. The van der Waals surface area contributed by atoms with Crippen LogP contribution in [0.1, 0.15) is 24.5 Å². The number of hydrogen-bond donors (Lipinski definition) is 0. The van der Waals surface area contributed by atoms with Crippen molar-refractivity contribution in [2.75, 3.05) is 12.0 Å². The van der Waals surface area contributed by atoms with Crippen LogP contribution >= 0.6 is 0 Å². The van der Waals surface area contributed by atoms with Gasteiger partial charge in [0.05, 0.1) is 18.4 Å². The molecule has 4 nitrogen and oxygen atoms in total. The Morgan fingerprint density at radius 2 is 2.00 bits per heavy atom. The van der Waals surface area contributed by atoms with Gasteiger partial charge in [0.25, 0.3) is 0 Å². The van der Waals surface area contributed by atoms with Crippen LogP contribution < -0.4 is 9.64 Å². The number of anilines is 1. The number of methoxy groups -OCH3 is 1. The van der Waals surface area contributed by atoms with Crippen molar-refractivity contribution in [3.63, 3.8) is 0 Å². The molecule has 4 heteroatoms. The molecule has 0 aliphatic carbocycles. The highest BCUT2D eigenvalue weighted by atomic mass is 16.5. The first-order chi connectivity index (χ1) is 11.7. The van der Waals surface area contributed by atoms with Gasteiger partial charge in [-0.25, -0.2) is 4.79 Å². The molecule has 1 aliphatic rings. The maximum absolute atomic E-state index is 12.2. The van der Waals surface area contributed by atoms with Crippen LogP contribution in [0, 0.1) is 12.3 Å². The zero-order chi connectivity index (χ0) is 17.1. The van der Waals surface area contributed by atoms with E-state index >= 15 is 0 Å². The summed E-state index contributed by atoms with van der Waals surface area (Å²) >= 11 is 0. The van der Waals surface area contributed by atoms with Crippen molar-refractivity contribution >= 4 is 11.8 Å². The van der Waals surface area contributed by atoms with Gasteiger partial charge >= 0.3 is 6.09 Å². The Morgan fingerprint density at radius 3 is 2.67 bits per heavy atom. The van der Waals surface area contributed by atoms with Crippen molar-refractivity contribution in [2.45, 2.75) is 25.8 Å². The molecule has 0 N–H and O–H groups in total. The third-order valence-electron chi connectivity index (χ3n) is 4.24. The molecule has 0 saturated heterocycles. The number of para-hydroxylation sites is 1. The molecule has 0 aromatic heterocycles. The average Bonchev–Trinajstić information content (AvgIpc) is 2.62. The van der Waals surface area contributed by atoms with Gasteiger partial charge in [-0.3, -0.25) is 4.90 Å². The predicted octanol–water partition coefficient (Wildman–Crippen LogP) is 4.37. The topological polar surface area (TPSA) is 38.8 Å². The first-order valence-electron chi connectivity index (χ1n) is 7.88. The highest BCUT2D eigenvalue weighted by Crippen LogP contribution is 2.40. The lowest BCUT2D eigenvalue weighted by atomic mass is 9.94. The average molecular weight is 321 g/mol. The number of fused-ring (bicyclic) bond motifs is 1. The molecular weight excluding hydrogens is 302 g/mol. The molecule has 2 aromatic carbocycles. The van der Waals surface area contributed by atoms with Crippen LogP contribution in [0.5, 0.6) is 11.5 Å². The predicted molar refractivity (Wildman–Crippen MR) is 93.6 cm³/mol. The largest absolute Gasteiger partial charge is 0.456 e. The normalized spacial score (nSPS) is 16.0. The second-order valence-electron chi connectivity index (χ2n) is 5.73. The summed E-state index contributed by atoms with van der Waals surface area (Å²) in [6.45, 7) is 2.01. The Hall–Kier alpha value is -2.93. The van der Waals surface area contributed by atoms with Gasteiger partial charge < -0.3 is 9.47 Å². The summed E-state index contributed by atoms with van der Waals surface area (Å²) in [7, 11) is 1.39. The number of hydrogen-bond acceptors (Lipinski definition) is 3. The standard InChI is InChI=1S/C20H19NO3/c1-4-15-11-13-18-17(12-10-14(2)21(18)20(22)23-3)19(15)24-16-8-6-5-7-9-16/h1,5-9,11,13-14H,10,12H2,2-3H3. The van der Waals surface area contributed by atoms with E-state index in [4.69, 9.17) is 15.9 Å². The number of carbonyl (C=O) groups excluding carboxylic acids is 1. The van der Waals surface area contributed by atoms with Gasteiger partial charge in [-0.15, -0.1) is 6.42 Å². The molecule has 2 aromatic rings. The summed E-state index contributed by atoms with van der Waals surface area (Å²) in [5.41, 5.74) is 2.42. The van der Waals surface area contributed by atoms with E-state index in [1.54, 1.807) is 4.90 Å². The fraction of sp³-hybridized carbons (Fsp3) is 0.250. The molecule has 1 unspecified atom stereocenters. The molecule has 1 heterocycles. The SMILES string of the molecule is C#Cc1ccc2c(c1Oc1ccccc1)CCC(C)N2C(=O)OC. The number of nitrogens with zero attached hydrogens (tertiary/aromatic N) is 1. The number of terminal acetylenes is 1. The molecule has 1 atom stereocenters. The zero-order valence-electron chi connectivity index (χ0n) is 13.8. The smallest absolute Gasteiger partial charge is 0.414 e. The summed E-state index contributed by atoms with van der Waals surface area (Å²) < 4.78 is 11.0.